The molecule has 0 atom stereocenters. The summed E-state index contributed by atoms with van der Waals surface area (Å²) in [6.45, 7) is 5.00. The molecule has 1 aliphatic heterocycles. The Labute approximate surface area is 126 Å². The van der Waals surface area contributed by atoms with E-state index in [2.05, 4.69) is 5.32 Å². The van der Waals surface area contributed by atoms with Crippen molar-refractivity contribution in [2.45, 2.75) is 26.6 Å². The molecule has 1 fully saturated rings. The van der Waals surface area contributed by atoms with Gasteiger partial charge in [-0.1, -0.05) is 0 Å². The van der Waals surface area contributed by atoms with E-state index in [-0.39, 0.29) is 11.3 Å². The number of anilines is 1. The molecule has 1 heterocycles. The van der Waals surface area contributed by atoms with E-state index >= 15 is 0 Å². The summed E-state index contributed by atoms with van der Waals surface area (Å²) in [5.74, 6) is -3.34. The van der Waals surface area contributed by atoms with Crippen LogP contribution in [0.5, 0.6) is 5.75 Å². The van der Waals surface area contributed by atoms with E-state index in [4.69, 9.17) is 14.2 Å². The lowest BCUT2D eigenvalue weighted by Crippen LogP contribution is -2.42. The molecule has 118 valence electrons. The molecule has 22 heavy (non-hydrogen) atoms. The summed E-state index contributed by atoms with van der Waals surface area (Å²) in [6, 6.07) is 4.18. The summed E-state index contributed by atoms with van der Waals surface area (Å²) >= 11 is 0. The van der Waals surface area contributed by atoms with Gasteiger partial charge in [0, 0.05) is 31.8 Å². The summed E-state index contributed by atoms with van der Waals surface area (Å²) in [7, 11) is 0. The molecule has 0 spiro atoms. The van der Waals surface area contributed by atoms with Crippen LogP contribution >= 0.6 is 0 Å². The van der Waals surface area contributed by atoms with Crippen LogP contribution in [0, 0.1) is 5.82 Å². The third kappa shape index (κ3) is 3.55. The van der Waals surface area contributed by atoms with E-state index in [9.17, 15) is 14.0 Å². The third-order valence-corrected chi connectivity index (χ3v) is 2.73. The molecule has 1 aromatic rings. The molecule has 0 unspecified atom stereocenters. The fourth-order valence-electron chi connectivity index (χ4n) is 1.80. The molecule has 7 heteroatoms. The topological polar surface area (TPSA) is 73.9 Å². The van der Waals surface area contributed by atoms with Crippen LogP contribution in [0.25, 0.3) is 0 Å². The summed E-state index contributed by atoms with van der Waals surface area (Å²) in [6.07, 6.45) is 1.12. The molecular formula is C15H16FNO5. The zero-order valence-electron chi connectivity index (χ0n) is 12.4. The Morgan fingerprint density at radius 1 is 1.27 bits per heavy atom. The highest BCUT2D eigenvalue weighted by Crippen LogP contribution is 2.24. The van der Waals surface area contributed by atoms with E-state index in [0.717, 1.165) is 6.20 Å². The average molecular weight is 309 g/mol. The van der Waals surface area contributed by atoms with Crippen molar-refractivity contribution in [3.63, 3.8) is 0 Å². The molecule has 1 saturated heterocycles. The smallest absolute Gasteiger partial charge is 0.350 e. The number of nitrogens with one attached hydrogen (secondary N) is 1. The number of carbonyl (C=O) groups excluding carboxylic acids is 2. The molecular weight excluding hydrogens is 293 g/mol. The Kier molecular flexibility index (Phi) is 4.35. The van der Waals surface area contributed by atoms with Crippen molar-refractivity contribution in [1.82, 2.24) is 0 Å². The Balaban J connectivity index is 2.13. The second-order valence-corrected chi connectivity index (χ2v) is 4.96. The van der Waals surface area contributed by atoms with E-state index in [1.165, 1.54) is 26.0 Å². The standard InChI is InChI=1S/C15H16FNO5/c1-4-20-12-6-5-9(7-11(12)16)17-8-10-13(18)21-15(2,3)22-14(10)19/h5-8,17H,4H2,1-3H3. The first-order chi connectivity index (χ1) is 10.3. The zero-order valence-corrected chi connectivity index (χ0v) is 12.4. The minimum absolute atomic E-state index is 0.124. The van der Waals surface area contributed by atoms with E-state index in [1.807, 2.05) is 0 Å². The van der Waals surface area contributed by atoms with Crippen molar-refractivity contribution in [1.29, 1.82) is 0 Å². The van der Waals surface area contributed by atoms with Gasteiger partial charge in [0.1, 0.15) is 0 Å². The molecule has 1 aromatic carbocycles. The van der Waals surface area contributed by atoms with Crippen molar-refractivity contribution in [2.75, 3.05) is 11.9 Å². The highest BCUT2D eigenvalue weighted by atomic mass is 19.1. The lowest BCUT2D eigenvalue weighted by atomic mass is 10.2. The lowest BCUT2D eigenvalue weighted by Gasteiger charge is -2.29. The normalized spacial score (nSPS) is 16.6. The monoisotopic (exact) mass is 309 g/mol. The van der Waals surface area contributed by atoms with Crippen LogP contribution in [0.3, 0.4) is 0 Å². The first-order valence-corrected chi connectivity index (χ1v) is 6.68. The summed E-state index contributed by atoms with van der Waals surface area (Å²) in [4.78, 5) is 23.4. The van der Waals surface area contributed by atoms with Gasteiger partial charge < -0.3 is 19.5 Å². The molecule has 1 N–H and O–H groups in total. The Bertz CT molecular complexity index is 617. The number of esters is 2. The highest BCUT2D eigenvalue weighted by Gasteiger charge is 2.38. The van der Waals surface area contributed by atoms with Gasteiger partial charge in [0.15, 0.2) is 17.1 Å². The maximum atomic E-state index is 13.7. The van der Waals surface area contributed by atoms with Gasteiger partial charge >= 0.3 is 11.9 Å². The number of hydrogen-bond donors (Lipinski definition) is 1. The van der Waals surface area contributed by atoms with E-state index in [1.54, 1.807) is 13.0 Å². The zero-order chi connectivity index (χ0) is 16.3. The number of carbonyl (C=O) groups is 2. The van der Waals surface area contributed by atoms with Crippen molar-refractivity contribution >= 4 is 17.6 Å². The van der Waals surface area contributed by atoms with Gasteiger partial charge in [-0.15, -0.1) is 0 Å². The van der Waals surface area contributed by atoms with Crippen molar-refractivity contribution < 1.29 is 28.2 Å². The van der Waals surface area contributed by atoms with E-state index in [0.29, 0.717) is 12.3 Å². The molecule has 2 rings (SSSR count). The second-order valence-electron chi connectivity index (χ2n) is 4.96. The molecule has 0 aliphatic carbocycles. The molecule has 0 aromatic heterocycles. The van der Waals surface area contributed by atoms with Gasteiger partial charge in [0.2, 0.25) is 0 Å². The number of rotatable bonds is 4. The Hall–Kier alpha value is -2.57. The van der Waals surface area contributed by atoms with Crippen LogP contribution in [0.2, 0.25) is 0 Å². The molecule has 0 saturated carbocycles. The van der Waals surface area contributed by atoms with Crippen LogP contribution in [-0.4, -0.2) is 24.3 Å². The Morgan fingerprint density at radius 3 is 2.45 bits per heavy atom. The number of benzene rings is 1. The number of halogens is 1. The van der Waals surface area contributed by atoms with Crippen LogP contribution < -0.4 is 10.1 Å². The summed E-state index contributed by atoms with van der Waals surface area (Å²) in [5, 5.41) is 2.65. The minimum Gasteiger partial charge on any atom is -0.491 e. The van der Waals surface area contributed by atoms with Gasteiger partial charge in [-0.2, -0.15) is 0 Å². The second kappa shape index (κ2) is 6.05. The van der Waals surface area contributed by atoms with Gasteiger partial charge in [-0.3, -0.25) is 0 Å². The predicted octanol–water partition coefficient (Wildman–Crippen LogP) is 2.36. The van der Waals surface area contributed by atoms with Gasteiger partial charge in [-0.05, 0) is 19.1 Å². The van der Waals surface area contributed by atoms with Crippen LogP contribution in [-0.2, 0) is 19.1 Å². The quantitative estimate of drug-likeness (QED) is 0.523. The molecule has 0 radical (unpaired) electrons. The first kappa shape index (κ1) is 15.8. The fourth-order valence-corrected chi connectivity index (χ4v) is 1.80. The number of hydrogen-bond acceptors (Lipinski definition) is 6. The summed E-state index contributed by atoms with van der Waals surface area (Å²) in [5.41, 5.74) is 0.0486. The maximum absolute atomic E-state index is 13.7. The SMILES string of the molecule is CCOc1ccc(NC=C2C(=O)OC(C)(C)OC2=O)cc1F. The predicted molar refractivity (Wildman–Crippen MR) is 75.5 cm³/mol. The van der Waals surface area contributed by atoms with Crippen LogP contribution in [0.15, 0.2) is 30.0 Å². The third-order valence-electron chi connectivity index (χ3n) is 2.73. The van der Waals surface area contributed by atoms with Crippen molar-refractivity contribution in [3.05, 3.63) is 35.8 Å². The minimum atomic E-state index is -1.29. The number of ether oxygens (including phenoxy) is 3. The van der Waals surface area contributed by atoms with Crippen molar-refractivity contribution in [3.8, 4) is 5.75 Å². The Morgan fingerprint density at radius 2 is 1.91 bits per heavy atom. The molecule has 6 nitrogen and oxygen atoms in total. The molecule has 0 bridgehead atoms. The first-order valence-electron chi connectivity index (χ1n) is 6.68. The van der Waals surface area contributed by atoms with E-state index < -0.39 is 23.5 Å². The van der Waals surface area contributed by atoms with Gasteiger partial charge in [0.25, 0.3) is 5.79 Å². The molecule has 1 aliphatic rings. The highest BCUT2D eigenvalue weighted by molar-refractivity contribution is 6.15. The largest absolute Gasteiger partial charge is 0.491 e. The average Bonchev–Trinajstić information content (AvgIpc) is 2.39. The van der Waals surface area contributed by atoms with Crippen LogP contribution in [0.1, 0.15) is 20.8 Å². The van der Waals surface area contributed by atoms with Crippen LogP contribution in [0.4, 0.5) is 10.1 Å². The summed E-state index contributed by atoms with van der Waals surface area (Å²) < 4.78 is 28.6. The van der Waals surface area contributed by atoms with Crippen molar-refractivity contribution in [2.24, 2.45) is 0 Å². The lowest BCUT2D eigenvalue weighted by molar-refractivity contribution is -0.222. The van der Waals surface area contributed by atoms with Gasteiger partial charge in [-0.25, -0.2) is 14.0 Å². The maximum Gasteiger partial charge on any atom is 0.350 e. The molecule has 0 amide bonds. The fraction of sp³-hybridized carbons (Fsp3) is 0.333. The number of cyclic esters (lactones) is 2. The van der Waals surface area contributed by atoms with Gasteiger partial charge in [0.05, 0.1) is 6.61 Å².